The van der Waals surface area contributed by atoms with Crippen molar-refractivity contribution in [2.45, 2.75) is 25.8 Å². The molecule has 1 atom stereocenters. The first-order valence-electron chi connectivity index (χ1n) is 13.6. The second kappa shape index (κ2) is 12.4. The first-order chi connectivity index (χ1) is 19.9. The number of nitrogens with one attached hydrogen (secondary N) is 1. The number of nitrogens with zero attached hydrogens (tertiary/aromatic N) is 3. The van der Waals surface area contributed by atoms with Crippen molar-refractivity contribution < 1.29 is 19.1 Å². The third kappa shape index (κ3) is 5.74. The number of unbranched alkanes of at least 4 members (excludes halogenated alkanes) is 1. The van der Waals surface area contributed by atoms with E-state index in [2.05, 4.69) is 16.8 Å². The summed E-state index contributed by atoms with van der Waals surface area (Å²) in [6.07, 6.45) is 3.62. The van der Waals surface area contributed by atoms with Crippen molar-refractivity contribution in [2.24, 2.45) is 0 Å². The number of urea groups is 1. The SMILES string of the molecule is CCCCN(CC(=O)N1c2ccccc2-n2cccc2C1c1ccc(Cl)cc1)C(=O)Nc1ccc(OC)cc1OC. The number of hydrogen-bond acceptors (Lipinski definition) is 4. The van der Waals surface area contributed by atoms with Gasteiger partial charge < -0.3 is 24.3 Å². The summed E-state index contributed by atoms with van der Waals surface area (Å²) in [6, 6.07) is 23.7. The highest BCUT2D eigenvalue weighted by Gasteiger charge is 2.37. The molecule has 0 spiro atoms. The van der Waals surface area contributed by atoms with E-state index in [-0.39, 0.29) is 18.5 Å². The standard InChI is InChI=1S/C32H33ClN4O4/c1-4-5-18-35(32(39)34-25-17-16-24(40-2)20-29(25)41-3)21-30(38)37-27-10-7-6-9-26(27)36-19-8-11-28(36)31(37)22-12-14-23(33)15-13-22/h6-17,19-20,31H,4-5,18,21H2,1-3H3,(H,34,39). The number of amides is 3. The number of halogens is 1. The lowest BCUT2D eigenvalue weighted by Gasteiger charge is -2.39. The minimum Gasteiger partial charge on any atom is -0.497 e. The molecule has 0 saturated heterocycles. The van der Waals surface area contributed by atoms with E-state index >= 15 is 0 Å². The van der Waals surface area contributed by atoms with E-state index in [9.17, 15) is 9.59 Å². The summed E-state index contributed by atoms with van der Waals surface area (Å²) >= 11 is 6.21. The van der Waals surface area contributed by atoms with Gasteiger partial charge >= 0.3 is 6.03 Å². The lowest BCUT2D eigenvalue weighted by atomic mass is 9.97. The van der Waals surface area contributed by atoms with Crippen LogP contribution in [0.1, 0.15) is 37.1 Å². The molecule has 1 N–H and O–H groups in total. The van der Waals surface area contributed by atoms with Gasteiger partial charge in [0.05, 0.1) is 37.0 Å². The Balaban J connectivity index is 1.49. The van der Waals surface area contributed by atoms with E-state index in [0.29, 0.717) is 28.8 Å². The average molecular weight is 573 g/mol. The van der Waals surface area contributed by atoms with Crippen LogP contribution in [-0.4, -0.2) is 48.7 Å². The maximum atomic E-state index is 14.3. The number of aromatic nitrogens is 1. The minimum atomic E-state index is -0.401. The normalized spacial score (nSPS) is 13.7. The molecule has 1 aliphatic rings. The molecule has 212 valence electrons. The lowest BCUT2D eigenvalue weighted by Crippen LogP contribution is -2.48. The van der Waals surface area contributed by atoms with Gasteiger partial charge in [-0.1, -0.05) is 49.2 Å². The van der Waals surface area contributed by atoms with Crippen LogP contribution in [0, 0.1) is 0 Å². The number of ether oxygens (including phenoxy) is 2. The Kier molecular flexibility index (Phi) is 8.50. The molecular formula is C32H33ClN4O4. The van der Waals surface area contributed by atoms with E-state index in [1.807, 2.05) is 66.9 Å². The van der Waals surface area contributed by atoms with Crippen LogP contribution in [0.5, 0.6) is 11.5 Å². The molecule has 2 heterocycles. The summed E-state index contributed by atoms with van der Waals surface area (Å²) in [7, 11) is 3.10. The van der Waals surface area contributed by atoms with Gasteiger partial charge in [-0.05, 0) is 60.5 Å². The number of fused-ring (bicyclic) bond motifs is 3. The first-order valence-corrected chi connectivity index (χ1v) is 13.9. The van der Waals surface area contributed by atoms with Gasteiger partial charge in [0.15, 0.2) is 0 Å². The Morgan fingerprint density at radius 3 is 2.41 bits per heavy atom. The maximum absolute atomic E-state index is 14.3. The third-order valence-electron chi connectivity index (χ3n) is 7.22. The summed E-state index contributed by atoms with van der Waals surface area (Å²) in [5.74, 6) is 0.880. The molecule has 9 heteroatoms. The highest BCUT2D eigenvalue weighted by molar-refractivity contribution is 6.30. The largest absolute Gasteiger partial charge is 0.497 e. The minimum absolute atomic E-state index is 0.108. The van der Waals surface area contributed by atoms with Crippen LogP contribution >= 0.6 is 11.6 Å². The summed E-state index contributed by atoms with van der Waals surface area (Å²) in [5.41, 5.74) is 4.04. The molecule has 3 aromatic carbocycles. The predicted molar refractivity (Wildman–Crippen MR) is 162 cm³/mol. The highest BCUT2D eigenvalue weighted by atomic mass is 35.5. The topological polar surface area (TPSA) is 76.0 Å². The van der Waals surface area contributed by atoms with Gasteiger partial charge in [0, 0.05) is 23.8 Å². The monoisotopic (exact) mass is 572 g/mol. The van der Waals surface area contributed by atoms with Gasteiger partial charge in [-0.3, -0.25) is 9.69 Å². The highest BCUT2D eigenvalue weighted by Crippen LogP contribution is 2.42. The molecule has 0 fully saturated rings. The second-order valence-corrected chi connectivity index (χ2v) is 10.2. The Hall–Kier alpha value is -4.43. The summed E-state index contributed by atoms with van der Waals surface area (Å²) < 4.78 is 12.8. The van der Waals surface area contributed by atoms with Crippen LogP contribution in [0.4, 0.5) is 16.2 Å². The first kappa shape index (κ1) is 28.1. The Morgan fingerprint density at radius 2 is 1.71 bits per heavy atom. The zero-order valence-electron chi connectivity index (χ0n) is 23.3. The molecule has 4 aromatic rings. The summed E-state index contributed by atoms with van der Waals surface area (Å²) in [6.45, 7) is 2.36. The smallest absolute Gasteiger partial charge is 0.322 e. The fraction of sp³-hybridized carbons (Fsp3) is 0.250. The summed E-state index contributed by atoms with van der Waals surface area (Å²) in [4.78, 5) is 31.3. The van der Waals surface area contributed by atoms with Crippen molar-refractivity contribution in [3.8, 4) is 17.2 Å². The fourth-order valence-corrected chi connectivity index (χ4v) is 5.29. The van der Waals surface area contributed by atoms with Gasteiger partial charge in [-0.25, -0.2) is 4.79 Å². The van der Waals surface area contributed by atoms with E-state index in [4.69, 9.17) is 21.1 Å². The molecular weight excluding hydrogens is 540 g/mol. The molecule has 3 amide bonds. The maximum Gasteiger partial charge on any atom is 0.322 e. The Labute approximate surface area is 245 Å². The molecule has 5 rings (SSSR count). The van der Waals surface area contributed by atoms with Crippen LogP contribution in [-0.2, 0) is 4.79 Å². The van der Waals surface area contributed by atoms with Crippen molar-refractivity contribution in [2.75, 3.05) is 37.5 Å². The number of hydrogen-bond donors (Lipinski definition) is 1. The predicted octanol–water partition coefficient (Wildman–Crippen LogP) is 6.92. The van der Waals surface area contributed by atoms with Crippen LogP contribution in [0.2, 0.25) is 5.02 Å². The molecule has 1 aliphatic heterocycles. The van der Waals surface area contributed by atoms with Gasteiger partial charge in [0.1, 0.15) is 24.1 Å². The zero-order chi connectivity index (χ0) is 28.9. The third-order valence-corrected chi connectivity index (χ3v) is 7.47. The molecule has 1 aromatic heterocycles. The number of benzene rings is 3. The van der Waals surface area contributed by atoms with Crippen LogP contribution in [0.15, 0.2) is 85.1 Å². The number of anilines is 2. The van der Waals surface area contributed by atoms with Crippen LogP contribution in [0.25, 0.3) is 5.69 Å². The number of carbonyl (C=O) groups is 2. The number of carbonyl (C=O) groups excluding carboxylic acids is 2. The molecule has 0 radical (unpaired) electrons. The van der Waals surface area contributed by atoms with E-state index in [1.165, 1.54) is 7.11 Å². The van der Waals surface area contributed by atoms with Gasteiger partial charge in [-0.2, -0.15) is 0 Å². The second-order valence-electron chi connectivity index (χ2n) is 9.78. The molecule has 1 unspecified atom stereocenters. The molecule has 41 heavy (non-hydrogen) atoms. The molecule has 0 bridgehead atoms. The van der Waals surface area contributed by atoms with E-state index in [1.54, 1.807) is 35.1 Å². The average Bonchev–Trinajstić information content (AvgIpc) is 3.49. The van der Waals surface area contributed by atoms with Crippen LogP contribution < -0.4 is 19.7 Å². The molecule has 0 saturated carbocycles. The van der Waals surface area contributed by atoms with Crippen molar-refractivity contribution in [3.63, 3.8) is 0 Å². The van der Waals surface area contributed by atoms with Crippen LogP contribution in [0.3, 0.4) is 0 Å². The van der Waals surface area contributed by atoms with Crippen molar-refractivity contribution in [1.29, 1.82) is 0 Å². The van der Waals surface area contributed by atoms with Crippen molar-refractivity contribution >= 4 is 34.9 Å². The van der Waals surface area contributed by atoms with E-state index in [0.717, 1.165) is 35.5 Å². The number of para-hydroxylation sites is 2. The fourth-order valence-electron chi connectivity index (χ4n) is 5.16. The zero-order valence-corrected chi connectivity index (χ0v) is 24.1. The summed E-state index contributed by atoms with van der Waals surface area (Å²) in [5, 5.41) is 3.55. The van der Waals surface area contributed by atoms with Gasteiger partial charge in [0.25, 0.3) is 0 Å². The van der Waals surface area contributed by atoms with Crippen molar-refractivity contribution in [1.82, 2.24) is 9.47 Å². The number of methoxy groups -OCH3 is 2. The Morgan fingerprint density at radius 1 is 0.951 bits per heavy atom. The van der Waals surface area contributed by atoms with Gasteiger partial charge in [-0.15, -0.1) is 0 Å². The van der Waals surface area contributed by atoms with Gasteiger partial charge in [0.2, 0.25) is 5.91 Å². The van der Waals surface area contributed by atoms with E-state index < -0.39 is 6.04 Å². The lowest BCUT2D eigenvalue weighted by molar-refractivity contribution is -0.119. The Bertz CT molecular complexity index is 1530. The molecule has 0 aliphatic carbocycles. The van der Waals surface area contributed by atoms with Crippen molar-refractivity contribution in [3.05, 3.63) is 101 Å². The molecule has 8 nitrogen and oxygen atoms in total. The quantitative estimate of drug-likeness (QED) is 0.236. The number of rotatable bonds is 9.